The van der Waals surface area contributed by atoms with Gasteiger partial charge in [-0.25, -0.2) is 4.68 Å². The van der Waals surface area contributed by atoms with Crippen LogP contribution < -0.4 is 10.5 Å². The molecule has 1 aromatic carbocycles. The van der Waals surface area contributed by atoms with Crippen molar-refractivity contribution in [1.29, 1.82) is 0 Å². The van der Waals surface area contributed by atoms with E-state index in [1.165, 1.54) is 25.7 Å². The lowest BCUT2D eigenvalue weighted by Gasteiger charge is -2.11. The van der Waals surface area contributed by atoms with Crippen molar-refractivity contribution < 1.29 is 4.74 Å². The molecule has 0 atom stereocenters. The summed E-state index contributed by atoms with van der Waals surface area (Å²) in [5, 5.41) is 12.9. The molecule has 112 valence electrons. The molecule has 1 fully saturated rings. The van der Waals surface area contributed by atoms with E-state index in [2.05, 4.69) is 15.5 Å². The summed E-state index contributed by atoms with van der Waals surface area (Å²) in [6.45, 7) is 0.617. The van der Waals surface area contributed by atoms with E-state index in [4.69, 9.17) is 10.5 Å². The predicted molar refractivity (Wildman–Crippen MR) is 82.4 cm³/mol. The molecule has 0 aliphatic heterocycles. The van der Waals surface area contributed by atoms with Gasteiger partial charge < -0.3 is 10.5 Å². The first-order valence-corrected chi connectivity index (χ1v) is 8.20. The molecule has 1 heterocycles. The number of nitrogens with zero attached hydrogens (tertiary/aromatic N) is 4. The van der Waals surface area contributed by atoms with E-state index in [1.54, 1.807) is 11.8 Å². The Labute approximate surface area is 128 Å². The highest BCUT2D eigenvalue weighted by molar-refractivity contribution is 7.99. The third kappa shape index (κ3) is 3.66. The van der Waals surface area contributed by atoms with Crippen LogP contribution in [0.3, 0.4) is 0 Å². The van der Waals surface area contributed by atoms with Crippen LogP contribution in [-0.2, 0) is 0 Å². The topological polar surface area (TPSA) is 78.8 Å². The van der Waals surface area contributed by atoms with Crippen LogP contribution >= 0.6 is 11.8 Å². The number of nitrogen functional groups attached to an aromatic ring is 1. The summed E-state index contributed by atoms with van der Waals surface area (Å²) in [6.07, 6.45) is 4.91. The first kappa shape index (κ1) is 14.2. The fraction of sp³-hybridized carbons (Fsp3) is 0.500. The molecule has 2 aromatic rings. The maximum atomic E-state index is 5.67. The number of anilines is 1. The number of tetrazole rings is 1. The van der Waals surface area contributed by atoms with E-state index in [9.17, 15) is 0 Å². The second-order valence-electron chi connectivity index (χ2n) is 5.11. The molecule has 0 bridgehead atoms. The van der Waals surface area contributed by atoms with Gasteiger partial charge in [0.15, 0.2) is 0 Å². The van der Waals surface area contributed by atoms with Crippen LogP contribution in [0.2, 0.25) is 0 Å². The molecule has 0 unspecified atom stereocenters. The first-order chi connectivity index (χ1) is 10.3. The molecule has 0 amide bonds. The van der Waals surface area contributed by atoms with Crippen molar-refractivity contribution in [3.05, 3.63) is 24.3 Å². The Morgan fingerprint density at radius 2 is 2.00 bits per heavy atom. The van der Waals surface area contributed by atoms with Gasteiger partial charge in [0, 0.05) is 11.4 Å². The van der Waals surface area contributed by atoms with Gasteiger partial charge in [0.25, 0.3) is 0 Å². The normalized spacial score (nSPS) is 15.4. The highest BCUT2D eigenvalue weighted by atomic mass is 32.2. The van der Waals surface area contributed by atoms with Crippen LogP contribution in [0.4, 0.5) is 5.69 Å². The van der Waals surface area contributed by atoms with Gasteiger partial charge in [0.2, 0.25) is 5.16 Å². The van der Waals surface area contributed by atoms with Gasteiger partial charge in [-0.3, -0.25) is 0 Å². The van der Waals surface area contributed by atoms with Crippen molar-refractivity contribution in [1.82, 2.24) is 20.2 Å². The summed E-state index contributed by atoms with van der Waals surface area (Å²) in [4.78, 5) is 0. The zero-order valence-electron chi connectivity index (χ0n) is 11.8. The molecule has 3 rings (SSSR count). The van der Waals surface area contributed by atoms with Crippen molar-refractivity contribution in [2.75, 3.05) is 18.1 Å². The summed E-state index contributed by atoms with van der Waals surface area (Å²) in [7, 11) is 0. The summed E-state index contributed by atoms with van der Waals surface area (Å²) in [6, 6.07) is 7.90. The molecule has 0 saturated heterocycles. The van der Waals surface area contributed by atoms with Gasteiger partial charge in [-0.2, -0.15) is 0 Å². The molecule has 1 aromatic heterocycles. The molecule has 1 aliphatic carbocycles. The van der Waals surface area contributed by atoms with Crippen molar-refractivity contribution in [2.45, 2.75) is 36.9 Å². The van der Waals surface area contributed by atoms with Crippen molar-refractivity contribution in [2.24, 2.45) is 0 Å². The highest BCUT2D eigenvalue weighted by Crippen LogP contribution is 2.31. The minimum atomic E-state index is 0.473. The SMILES string of the molecule is Nc1ccc(OCCSc2nnnn2C2CCCC2)cc1. The number of ether oxygens (including phenoxy) is 1. The Balaban J connectivity index is 1.47. The molecule has 0 radical (unpaired) electrons. The summed E-state index contributed by atoms with van der Waals surface area (Å²) in [5.74, 6) is 1.65. The molecule has 2 N–H and O–H groups in total. The van der Waals surface area contributed by atoms with E-state index in [1.807, 2.05) is 28.9 Å². The van der Waals surface area contributed by atoms with Gasteiger partial charge in [-0.15, -0.1) is 5.10 Å². The third-order valence-corrected chi connectivity index (χ3v) is 4.49. The fourth-order valence-corrected chi connectivity index (χ4v) is 3.28. The second-order valence-corrected chi connectivity index (χ2v) is 6.17. The second kappa shape index (κ2) is 6.80. The molecule has 6 nitrogen and oxygen atoms in total. The molecule has 1 saturated carbocycles. The number of hydrogen-bond acceptors (Lipinski definition) is 6. The number of hydrogen-bond donors (Lipinski definition) is 1. The van der Waals surface area contributed by atoms with Crippen LogP contribution in [0.1, 0.15) is 31.7 Å². The largest absolute Gasteiger partial charge is 0.493 e. The summed E-state index contributed by atoms with van der Waals surface area (Å²) >= 11 is 1.64. The van der Waals surface area contributed by atoms with E-state index in [0.29, 0.717) is 12.6 Å². The maximum Gasteiger partial charge on any atom is 0.209 e. The molecule has 1 aliphatic rings. The van der Waals surface area contributed by atoms with Crippen molar-refractivity contribution >= 4 is 17.4 Å². The Hall–Kier alpha value is -1.76. The van der Waals surface area contributed by atoms with Crippen LogP contribution in [0.25, 0.3) is 0 Å². The Morgan fingerprint density at radius 1 is 1.24 bits per heavy atom. The average molecular weight is 305 g/mol. The van der Waals surface area contributed by atoms with Crippen molar-refractivity contribution in [3.63, 3.8) is 0 Å². The van der Waals surface area contributed by atoms with Gasteiger partial charge in [-0.05, 0) is 47.5 Å². The van der Waals surface area contributed by atoms with Crippen LogP contribution in [-0.4, -0.2) is 32.6 Å². The molecule has 0 spiro atoms. The monoisotopic (exact) mass is 305 g/mol. The zero-order chi connectivity index (χ0) is 14.5. The van der Waals surface area contributed by atoms with Gasteiger partial charge in [0.05, 0.1) is 12.6 Å². The lowest BCUT2D eigenvalue weighted by atomic mass is 10.3. The lowest BCUT2D eigenvalue weighted by Crippen LogP contribution is -2.09. The number of rotatable bonds is 6. The standard InChI is InChI=1S/C14H19N5OS/c15-11-5-7-13(8-6-11)20-9-10-21-14-16-17-18-19(14)12-3-1-2-4-12/h5-8,12H,1-4,9-10,15H2. The third-order valence-electron chi connectivity index (χ3n) is 3.60. The number of benzene rings is 1. The Bertz CT molecular complexity index is 565. The van der Waals surface area contributed by atoms with E-state index >= 15 is 0 Å². The number of thioether (sulfide) groups is 1. The Kier molecular flexibility index (Phi) is 4.59. The van der Waals surface area contributed by atoms with Crippen LogP contribution in [0, 0.1) is 0 Å². The summed E-state index contributed by atoms with van der Waals surface area (Å²) in [5.41, 5.74) is 6.38. The van der Waals surface area contributed by atoms with E-state index in [-0.39, 0.29) is 0 Å². The Morgan fingerprint density at radius 3 is 2.76 bits per heavy atom. The van der Waals surface area contributed by atoms with Crippen molar-refractivity contribution in [3.8, 4) is 5.75 Å². The van der Waals surface area contributed by atoms with Crippen LogP contribution in [0.15, 0.2) is 29.4 Å². The fourth-order valence-electron chi connectivity index (χ4n) is 2.52. The first-order valence-electron chi connectivity index (χ1n) is 7.22. The molecular weight excluding hydrogens is 286 g/mol. The molecular formula is C14H19N5OS. The van der Waals surface area contributed by atoms with E-state index in [0.717, 1.165) is 22.3 Å². The highest BCUT2D eigenvalue weighted by Gasteiger charge is 2.21. The minimum absolute atomic E-state index is 0.473. The van der Waals surface area contributed by atoms with Gasteiger partial charge in [0.1, 0.15) is 5.75 Å². The maximum absolute atomic E-state index is 5.67. The molecule has 21 heavy (non-hydrogen) atoms. The minimum Gasteiger partial charge on any atom is -0.493 e. The van der Waals surface area contributed by atoms with Crippen LogP contribution in [0.5, 0.6) is 5.75 Å². The number of nitrogens with two attached hydrogens (primary N) is 1. The summed E-state index contributed by atoms with van der Waals surface area (Å²) < 4.78 is 7.64. The number of aromatic nitrogens is 4. The van der Waals surface area contributed by atoms with Gasteiger partial charge in [-0.1, -0.05) is 24.6 Å². The zero-order valence-corrected chi connectivity index (χ0v) is 12.6. The van der Waals surface area contributed by atoms with Gasteiger partial charge >= 0.3 is 0 Å². The molecule has 7 heteroatoms. The predicted octanol–water partition coefficient (Wildman–Crippen LogP) is 2.54. The smallest absolute Gasteiger partial charge is 0.209 e. The quantitative estimate of drug-likeness (QED) is 0.502. The average Bonchev–Trinajstić information content (AvgIpc) is 3.16. The van der Waals surface area contributed by atoms with E-state index < -0.39 is 0 Å². The lowest BCUT2D eigenvalue weighted by molar-refractivity contribution is 0.343.